The summed E-state index contributed by atoms with van der Waals surface area (Å²) in [5.41, 5.74) is 2.26. The maximum Gasteiger partial charge on any atom is 0.166 e. The number of rotatable bonds is 4. The Balaban J connectivity index is 2.14. The molecule has 2 aromatic rings. The Morgan fingerprint density at radius 2 is 1.94 bits per heavy atom. The van der Waals surface area contributed by atoms with Crippen LogP contribution in [0.5, 0.6) is 5.75 Å². The average Bonchev–Trinajstić information content (AvgIpc) is 2.38. The smallest absolute Gasteiger partial charge is 0.166 e. The highest BCUT2D eigenvalue weighted by Crippen LogP contribution is 2.25. The van der Waals surface area contributed by atoms with Gasteiger partial charge in [0.25, 0.3) is 0 Å². The van der Waals surface area contributed by atoms with E-state index in [0.717, 1.165) is 22.2 Å². The Morgan fingerprint density at radius 1 is 1.18 bits per heavy atom. The topological polar surface area (TPSA) is 35.0 Å². The summed E-state index contributed by atoms with van der Waals surface area (Å²) in [6.45, 7) is 2.43. The van der Waals surface area contributed by atoms with Gasteiger partial charge in [-0.2, -0.15) is 0 Å². The molecule has 0 unspecified atom stereocenters. The number of benzene rings is 1. The molecule has 0 N–H and O–H groups in total. The van der Waals surface area contributed by atoms with Gasteiger partial charge in [-0.3, -0.25) is 0 Å². The molecule has 0 radical (unpaired) electrons. The van der Waals surface area contributed by atoms with Crippen molar-refractivity contribution in [2.45, 2.75) is 18.9 Å². The van der Waals surface area contributed by atoms with Gasteiger partial charge in [-0.25, -0.2) is 9.97 Å². The maximum absolute atomic E-state index is 5.79. The molecule has 0 bridgehead atoms. The highest BCUT2D eigenvalue weighted by atomic mass is 79.9. The van der Waals surface area contributed by atoms with Crippen molar-refractivity contribution in [1.82, 2.24) is 9.97 Å². The van der Waals surface area contributed by atoms with E-state index in [2.05, 4.69) is 25.9 Å². The van der Waals surface area contributed by atoms with Crippen molar-refractivity contribution in [3.63, 3.8) is 0 Å². The lowest BCUT2D eigenvalue weighted by molar-refractivity contribution is 0.291. The van der Waals surface area contributed by atoms with Gasteiger partial charge in [-0.15, -0.1) is 0 Å². The summed E-state index contributed by atoms with van der Waals surface area (Å²) in [4.78, 5) is 8.26. The zero-order valence-corrected chi connectivity index (χ0v) is 11.1. The molecule has 1 heterocycles. The number of aryl methyl sites for hydroxylation is 1. The van der Waals surface area contributed by atoms with E-state index in [-0.39, 0.29) is 0 Å². The van der Waals surface area contributed by atoms with Crippen LogP contribution in [0, 0.1) is 6.92 Å². The Bertz CT molecular complexity index is 488. The molecule has 0 saturated heterocycles. The van der Waals surface area contributed by atoms with Crippen molar-refractivity contribution in [3.8, 4) is 5.75 Å². The van der Waals surface area contributed by atoms with Crippen LogP contribution >= 0.6 is 15.9 Å². The largest absolute Gasteiger partial charge is 0.485 e. The molecule has 1 aromatic heterocycles. The van der Waals surface area contributed by atoms with Crippen LogP contribution in [-0.2, 0) is 11.9 Å². The highest BCUT2D eigenvalue weighted by molar-refractivity contribution is 9.08. The van der Waals surface area contributed by atoms with Gasteiger partial charge in [-0.1, -0.05) is 34.1 Å². The first-order valence-corrected chi connectivity index (χ1v) is 6.46. The zero-order valence-electron chi connectivity index (χ0n) is 9.56. The fourth-order valence-electron chi connectivity index (χ4n) is 1.57. The van der Waals surface area contributed by atoms with E-state index in [1.165, 1.54) is 0 Å². The second-order valence-corrected chi connectivity index (χ2v) is 4.21. The van der Waals surface area contributed by atoms with Gasteiger partial charge >= 0.3 is 0 Å². The fraction of sp³-hybridized carbons (Fsp3) is 0.231. The van der Waals surface area contributed by atoms with Gasteiger partial charge < -0.3 is 4.74 Å². The first kappa shape index (κ1) is 12.0. The third-order valence-corrected chi connectivity index (χ3v) is 3.01. The van der Waals surface area contributed by atoms with Crippen molar-refractivity contribution in [3.05, 3.63) is 53.6 Å². The molecule has 4 heteroatoms. The predicted molar refractivity (Wildman–Crippen MR) is 70.2 cm³/mol. The number of halogens is 1. The first-order valence-electron chi connectivity index (χ1n) is 5.34. The van der Waals surface area contributed by atoms with Gasteiger partial charge in [0, 0.05) is 23.3 Å². The molecule has 2 rings (SSSR count). The van der Waals surface area contributed by atoms with E-state index < -0.39 is 0 Å². The molecule has 1 aromatic carbocycles. The van der Waals surface area contributed by atoms with E-state index in [1.807, 2.05) is 25.1 Å². The lowest BCUT2D eigenvalue weighted by atomic mass is 10.1. The Kier molecular flexibility index (Phi) is 4.09. The minimum absolute atomic E-state index is 0.395. The van der Waals surface area contributed by atoms with Crippen molar-refractivity contribution in [2.75, 3.05) is 0 Å². The molecule has 0 aliphatic heterocycles. The van der Waals surface area contributed by atoms with Crippen LogP contribution in [-0.4, -0.2) is 9.97 Å². The van der Waals surface area contributed by atoms with Gasteiger partial charge in [-0.05, 0) is 18.6 Å². The molecular weight excluding hydrogens is 280 g/mol. The second-order valence-electron chi connectivity index (χ2n) is 3.65. The number of para-hydroxylation sites is 1. The van der Waals surface area contributed by atoms with E-state index in [0.29, 0.717) is 12.4 Å². The summed E-state index contributed by atoms with van der Waals surface area (Å²) in [7, 11) is 0. The number of nitrogens with zero attached hydrogens (tertiary/aromatic N) is 2. The number of alkyl halides is 1. The van der Waals surface area contributed by atoms with Crippen molar-refractivity contribution >= 4 is 15.9 Å². The molecule has 0 aliphatic rings. The maximum atomic E-state index is 5.79. The van der Waals surface area contributed by atoms with Gasteiger partial charge in [0.1, 0.15) is 12.4 Å². The molecule has 17 heavy (non-hydrogen) atoms. The van der Waals surface area contributed by atoms with Crippen LogP contribution in [0.3, 0.4) is 0 Å². The van der Waals surface area contributed by atoms with Crippen LogP contribution in [0.25, 0.3) is 0 Å². The molecular formula is C13H13BrN2O. The molecule has 3 nitrogen and oxygen atoms in total. The minimum Gasteiger partial charge on any atom is -0.485 e. The standard InChI is InChI=1S/C13H13BrN2O/c1-10-4-2-5-11(8-14)13(10)17-9-12-15-6-3-7-16-12/h2-7H,8-9H2,1H3. The number of hydrogen-bond donors (Lipinski definition) is 0. The number of hydrogen-bond acceptors (Lipinski definition) is 3. The molecule has 0 spiro atoms. The number of aromatic nitrogens is 2. The monoisotopic (exact) mass is 292 g/mol. The summed E-state index contributed by atoms with van der Waals surface area (Å²) in [6.07, 6.45) is 3.43. The Labute approximate surface area is 109 Å². The second kappa shape index (κ2) is 5.77. The van der Waals surface area contributed by atoms with Gasteiger partial charge in [0.2, 0.25) is 0 Å². The minimum atomic E-state index is 0.395. The fourth-order valence-corrected chi connectivity index (χ4v) is 2.01. The number of ether oxygens (including phenoxy) is 1. The quantitative estimate of drug-likeness (QED) is 0.812. The van der Waals surface area contributed by atoms with Crippen LogP contribution in [0.1, 0.15) is 17.0 Å². The molecule has 88 valence electrons. The van der Waals surface area contributed by atoms with E-state index in [9.17, 15) is 0 Å². The van der Waals surface area contributed by atoms with E-state index >= 15 is 0 Å². The molecule has 0 fully saturated rings. The summed E-state index contributed by atoms with van der Waals surface area (Å²) >= 11 is 3.46. The van der Waals surface area contributed by atoms with Crippen molar-refractivity contribution < 1.29 is 4.74 Å². The van der Waals surface area contributed by atoms with Crippen LogP contribution < -0.4 is 4.74 Å². The van der Waals surface area contributed by atoms with Crippen LogP contribution in [0.4, 0.5) is 0 Å². The van der Waals surface area contributed by atoms with E-state index in [4.69, 9.17) is 4.74 Å². The zero-order chi connectivity index (χ0) is 12.1. The summed E-state index contributed by atoms with van der Waals surface area (Å²) in [6, 6.07) is 7.90. The van der Waals surface area contributed by atoms with E-state index in [1.54, 1.807) is 18.5 Å². The molecule has 0 saturated carbocycles. The highest BCUT2D eigenvalue weighted by Gasteiger charge is 2.06. The molecule has 0 amide bonds. The Morgan fingerprint density at radius 3 is 2.65 bits per heavy atom. The van der Waals surface area contributed by atoms with Gasteiger partial charge in [0.05, 0.1) is 0 Å². The summed E-state index contributed by atoms with van der Waals surface area (Å²) in [5.74, 6) is 1.60. The average molecular weight is 293 g/mol. The third-order valence-electron chi connectivity index (χ3n) is 2.40. The molecule has 0 atom stereocenters. The predicted octanol–water partition coefficient (Wildman–Crippen LogP) is 3.26. The summed E-state index contributed by atoms with van der Waals surface area (Å²) in [5, 5.41) is 0.777. The van der Waals surface area contributed by atoms with Gasteiger partial charge in [0.15, 0.2) is 5.82 Å². The van der Waals surface area contributed by atoms with Crippen molar-refractivity contribution in [1.29, 1.82) is 0 Å². The SMILES string of the molecule is Cc1cccc(CBr)c1OCc1ncccn1. The third kappa shape index (κ3) is 3.03. The lowest BCUT2D eigenvalue weighted by Crippen LogP contribution is -2.03. The lowest BCUT2D eigenvalue weighted by Gasteiger charge is -2.11. The first-order chi connectivity index (χ1) is 8.31. The molecule has 0 aliphatic carbocycles. The van der Waals surface area contributed by atoms with Crippen molar-refractivity contribution in [2.24, 2.45) is 0 Å². The Hall–Kier alpha value is -1.42. The normalized spacial score (nSPS) is 10.2. The van der Waals surface area contributed by atoms with Crippen LogP contribution in [0.15, 0.2) is 36.7 Å². The van der Waals surface area contributed by atoms with Crippen LogP contribution in [0.2, 0.25) is 0 Å². The summed E-state index contributed by atoms with van der Waals surface area (Å²) < 4.78 is 5.79.